The van der Waals surface area contributed by atoms with Gasteiger partial charge < -0.3 is 15.0 Å². The molecule has 1 atom stereocenters. The number of thiocarbonyl (C=S) groups is 1. The zero-order valence-corrected chi connectivity index (χ0v) is 11.7. The van der Waals surface area contributed by atoms with E-state index in [1.807, 2.05) is 32.3 Å². The SMILES string of the molecule is CNC(=S)N(C)C(C)Cc1ccccc1OC. The van der Waals surface area contributed by atoms with Crippen LogP contribution in [0, 0.1) is 0 Å². The number of likely N-dealkylation sites (N-methyl/N-ethyl adjacent to an activating group) is 1. The summed E-state index contributed by atoms with van der Waals surface area (Å²) in [6.07, 6.45) is 0.905. The minimum Gasteiger partial charge on any atom is -0.496 e. The molecule has 3 nitrogen and oxygen atoms in total. The molecule has 0 bridgehead atoms. The van der Waals surface area contributed by atoms with Gasteiger partial charge in [0.1, 0.15) is 5.75 Å². The van der Waals surface area contributed by atoms with Crippen LogP contribution >= 0.6 is 12.2 Å². The van der Waals surface area contributed by atoms with Crippen molar-refractivity contribution in [3.8, 4) is 5.75 Å². The largest absolute Gasteiger partial charge is 0.496 e. The van der Waals surface area contributed by atoms with E-state index in [0.717, 1.165) is 17.3 Å². The van der Waals surface area contributed by atoms with Crippen LogP contribution in [0.2, 0.25) is 0 Å². The Labute approximate surface area is 109 Å². The third-order valence-electron chi connectivity index (χ3n) is 2.90. The molecule has 0 aromatic heterocycles. The Kier molecular flexibility index (Phi) is 5.22. The third kappa shape index (κ3) is 3.60. The highest BCUT2D eigenvalue weighted by atomic mass is 32.1. The molecule has 0 aliphatic heterocycles. The first-order valence-electron chi connectivity index (χ1n) is 5.66. The number of hydrogen-bond acceptors (Lipinski definition) is 2. The van der Waals surface area contributed by atoms with Gasteiger partial charge in [-0.3, -0.25) is 0 Å². The van der Waals surface area contributed by atoms with E-state index in [4.69, 9.17) is 17.0 Å². The summed E-state index contributed by atoms with van der Waals surface area (Å²) in [6.45, 7) is 2.15. The summed E-state index contributed by atoms with van der Waals surface area (Å²) in [5.41, 5.74) is 1.20. The molecular weight excluding hydrogens is 232 g/mol. The first kappa shape index (κ1) is 13.8. The first-order chi connectivity index (χ1) is 8.10. The van der Waals surface area contributed by atoms with Gasteiger partial charge in [0, 0.05) is 20.1 Å². The average molecular weight is 252 g/mol. The van der Waals surface area contributed by atoms with Crippen molar-refractivity contribution < 1.29 is 4.74 Å². The van der Waals surface area contributed by atoms with Crippen molar-refractivity contribution >= 4 is 17.3 Å². The number of nitrogens with zero attached hydrogens (tertiary/aromatic N) is 1. The van der Waals surface area contributed by atoms with Crippen molar-refractivity contribution in [3.63, 3.8) is 0 Å². The van der Waals surface area contributed by atoms with Crippen LogP contribution in [0.4, 0.5) is 0 Å². The smallest absolute Gasteiger partial charge is 0.168 e. The number of hydrogen-bond donors (Lipinski definition) is 1. The molecule has 0 aliphatic carbocycles. The minimum absolute atomic E-state index is 0.325. The van der Waals surface area contributed by atoms with Crippen LogP contribution in [0.1, 0.15) is 12.5 Å². The van der Waals surface area contributed by atoms with Crippen LogP contribution in [0.3, 0.4) is 0 Å². The van der Waals surface area contributed by atoms with Crippen molar-refractivity contribution in [1.29, 1.82) is 0 Å². The molecule has 1 aromatic rings. The Morgan fingerprint density at radius 1 is 1.47 bits per heavy atom. The van der Waals surface area contributed by atoms with Gasteiger partial charge in [0.15, 0.2) is 5.11 Å². The molecule has 0 heterocycles. The summed E-state index contributed by atoms with van der Waals surface area (Å²) >= 11 is 5.22. The zero-order valence-electron chi connectivity index (χ0n) is 10.9. The second kappa shape index (κ2) is 6.45. The Morgan fingerprint density at radius 3 is 2.71 bits per heavy atom. The molecule has 0 amide bonds. The van der Waals surface area contributed by atoms with Gasteiger partial charge in [-0.15, -0.1) is 0 Å². The highest BCUT2D eigenvalue weighted by Crippen LogP contribution is 2.20. The molecule has 0 saturated carbocycles. The van der Waals surface area contributed by atoms with Crippen LogP contribution in [0.5, 0.6) is 5.75 Å². The van der Waals surface area contributed by atoms with Gasteiger partial charge in [-0.2, -0.15) is 0 Å². The standard InChI is InChI=1S/C13H20N2OS/c1-10(15(3)13(17)14-2)9-11-7-5-6-8-12(11)16-4/h5-8,10H,9H2,1-4H3,(H,14,17). The first-order valence-corrected chi connectivity index (χ1v) is 6.07. The molecule has 17 heavy (non-hydrogen) atoms. The fourth-order valence-corrected chi connectivity index (χ4v) is 1.88. The summed E-state index contributed by atoms with van der Waals surface area (Å²) in [7, 11) is 5.54. The van der Waals surface area contributed by atoms with E-state index >= 15 is 0 Å². The van der Waals surface area contributed by atoms with Gasteiger partial charge in [0.25, 0.3) is 0 Å². The van der Waals surface area contributed by atoms with Crippen LogP contribution in [-0.4, -0.2) is 37.3 Å². The average Bonchev–Trinajstić information content (AvgIpc) is 2.37. The molecule has 0 spiro atoms. The summed E-state index contributed by atoms with van der Waals surface area (Å²) in [4.78, 5) is 2.06. The second-order valence-electron chi connectivity index (χ2n) is 4.03. The summed E-state index contributed by atoms with van der Waals surface area (Å²) in [5, 5.41) is 3.74. The predicted molar refractivity (Wildman–Crippen MR) is 75.6 cm³/mol. The Morgan fingerprint density at radius 2 is 2.12 bits per heavy atom. The molecule has 0 fully saturated rings. The number of ether oxygens (including phenoxy) is 1. The molecule has 4 heteroatoms. The van der Waals surface area contributed by atoms with Gasteiger partial charge in [0.2, 0.25) is 0 Å². The predicted octanol–water partition coefficient (Wildman–Crippen LogP) is 2.06. The van der Waals surface area contributed by atoms with E-state index in [1.54, 1.807) is 7.11 Å². The number of rotatable bonds is 4. The molecule has 1 rings (SSSR count). The maximum absolute atomic E-state index is 5.35. The lowest BCUT2D eigenvalue weighted by Crippen LogP contribution is -2.41. The molecule has 1 N–H and O–H groups in total. The van der Waals surface area contributed by atoms with Gasteiger partial charge in [0.05, 0.1) is 7.11 Å². The van der Waals surface area contributed by atoms with E-state index < -0.39 is 0 Å². The van der Waals surface area contributed by atoms with Crippen LogP contribution in [-0.2, 0) is 6.42 Å². The molecule has 1 aromatic carbocycles. The molecule has 0 aliphatic rings. The monoisotopic (exact) mass is 252 g/mol. The number of nitrogens with one attached hydrogen (secondary N) is 1. The topological polar surface area (TPSA) is 24.5 Å². The zero-order chi connectivity index (χ0) is 12.8. The lowest BCUT2D eigenvalue weighted by Gasteiger charge is -2.27. The number of methoxy groups -OCH3 is 1. The third-order valence-corrected chi connectivity index (χ3v) is 3.40. The summed E-state index contributed by atoms with van der Waals surface area (Å²) < 4.78 is 5.35. The molecule has 0 saturated heterocycles. The van der Waals surface area contributed by atoms with E-state index in [-0.39, 0.29) is 0 Å². The van der Waals surface area contributed by atoms with Gasteiger partial charge in [-0.05, 0) is 37.2 Å². The lowest BCUT2D eigenvalue weighted by atomic mass is 10.1. The Bertz CT molecular complexity index is 381. The molecule has 1 unspecified atom stereocenters. The summed E-state index contributed by atoms with van der Waals surface area (Å²) in [5.74, 6) is 0.933. The number of para-hydroxylation sites is 1. The van der Waals surface area contributed by atoms with Gasteiger partial charge in [-0.1, -0.05) is 18.2 Å². The lowest BCUT2D eigenvalue weighted by molar-refractivity contribution is 0.371. The van der Waals surface area contributed by atoms with Gasteiger partial charge in [-0.25, -0.2) is 0 Å². The molecule has 94 valence electrons. The molecule has 0 radical (unpaired) electrons. The fraction of sp³-hybridized carbons (Fsp3) is 0.462. The van der Waals surface area contributed by atoms with Crippen LogP contribution in [0.15, 0.2) is 24.3 Å². The number of benzene rings is 1. The quantitative estimate of drug-likeness (QED) is 0.829. The maximum Gasteiger partial charge on any atom is 0.168 e. The summed E-state index contributed by atoms with van der Waals surface area (Å²) in [6, 6.07) is 8.41. The van der Waals surface area contributed by atoms with Crippen LogP contribution < -0.4 is 10.1 Å². The maximum atomic E-state index is 5.35. The van der Waals surface area contributed by atoms with E-state index in [2.05, 4.69) is 23.2 Å². The van der Waals surface area contributed by atoms with Gasteiger partial charge >= 0.3 is 0 Å². The highest BCUT2D eigenvalue weighted by Gasteiger charge is 2.14. The fourth-order valence-electron chi connectivity index (χ4n) is 1.70. The Hall–Kier alpha value is -1.29. The van der Waals surface area contributed by atoms with E-state index in [1.165, 1.54) is 5.56 Å². The van der Waals surface area contributed by atoms with Crippen molar-refractivity contribution in [1.82, 2.24) is 10.2 Å². The highest BCUT2D eigenvalue weighted by molar-refractivity contribution is 7.80. The van der Waals surface area contributed by atoms with Crippen molar-refractivity contribution in [2.45, 2.75) is 19.4 Å². The van der Waals surface area contributed by atoms with E-state index in [0.29, 0.717) is 6.04 Å². The van der Waals surface area contributed by atoms with Crippen molar-refractivity contribution in [2.75, 3.05) is 21.2 Å². The van der Waals surface area contributed by atoms with Crippen molar-refractivity contribution in [2.24, 2.45) is 0 Å². The molecular formula is C13H20N2OS. The minimum atomic E-state index is 0.325. The van der Waals surface area contributed by atoms with Crippen molar-refractivity contribution in [3.05, 3.63) is 29.8 Å². The van der Waals surface area contributed by atoms with Crippen LogP contribution in [0.25, 0.3) is 0 Å². The van der Waals surface area contributed by atoms with E-state index in [9.17, 15) is 0 Å². The Balaban J connectivity index is 2.73. The normalized spacial score (nSPS) is 11.8. The second-order valence-corrected chi connectivity index (χ2v) is 4.42.